The first kappa shape index (κ1) is 25.2. The molecule has 0 bridgehead atoms. The van der Waals surface area contributed by atoms with Crippen LogP contribution in [0, 0.1) is 0 Å². The number of carbonyl (C=O) groups excluding carboxylic acids is 2. The zero-order valence-electron chi connectivity index (χ0n) is 21.0. The molecule has 0 aliphatic heterocycles. The Kier molecular flexibility index (Phi) is 6.90. The summed E-state index contributed by atoms with van der Waals surface area (Å²) in [4.78, 5) is 29.3. The van der Waals surface area contributed by atoms with Gasteiger partial charge in [0.1, 0.15) is 5.69 Å². The Bertz CT molecular complexity index is 1820. The van der Waals surface area contributed by atoms with Gasteiger partial charge in [-0.05, 0) is 57.4 Å². The van der Waals surface area contributed by atoms with Crippen LogP contribution < -0.4 is 10.6 Å². The van der Waals surface area contributed by atoms with Crippen molar-refractivity contribution < 1.29 is 9.59 Å². The Morgan fingerprint density at radius 1 is 0.800 bits per heavy atom. The molecule has 0 aliphatic rings. The Labute approximate surface area is 237 Å². The molecule has 0 atom stereocenters. The van der Waals surface area contributed by atoms with E-state index in [0.29, 0.717) is 34.0 Å². The molecule has 40 heavy (non-hydrogen) atoms. The number of rotatable bonds is 7. The molecule has 2 aromatic heterocycles. The van der Waals surface area contributed by atoms with Crippen molar-refractivity contribution in [1.29, 1.82) is 0 Å². The summed E-state index contributed by atoms with van der Waals surface area (Å²) >= 11 is 3.44. The molecule has 0 unspecified atom stereocenters. The molecule has 6 aromatic rings. The molecular weight excluding hydrogens is 570 g/mol. The highest BCUT2D eigenvalue weighted by atomic mass is 79.9. The minimum Gasteiger partial charge on any atom is -0.349 e. The SMILES string of the molecule is O=C(Cc1ccc(-c2ccccc2)cc1)Nc1cccc2cc(C(=O)Nc3ccc(Br)cc3-c3nnn[nH]3)[nH]c12. The highest BCUT2D eigenvalue weighted by Crippen LogP contribution is 2.30. The fraction of sp³-hybridized carbons (Fsp3) is 0.0333. The average Bonchev–Trinajstić information content (AvgIpc) is 3.66. The first-order valence-electron chi connectivity index (χ1n) is 12.4. The summed E-state index contributed by atoms with van der Waals surface area (Å²) in [5.41, 5.74) is 5.91. The number of nitrogens with one attached hydrogen (secondary N) is 4. The molecule has 0 radical (unpaired) electrons. The molecule has 4 N–H and O–H groups in total. The largest absolute Gasteiger partial charge is 0.349 e. The summed E-state index contributed by atoms with van der Waals surface area (Å²) in [5, 5.41) is 20.6. The third-order valence-corrected chi connectivity index (χ3v) is 6.92. The molecule has 0 saturated heterocycles. The molecular formula is C30H22BrN7O2. The Hall–Kier alpha value is -5.09. The zero-order chi connectivity index (χ0) is 27.5. The normalized spacial score (nSPS) is 10.9. The third kappa shape index (κ3) is 5.38. The predicted octanol–water partition coefficient (Wildman–Crippen LogP) is 6.21. The second-order valence-electron chi connectivity index (χ2n) is 9.13. The average molecular weight is 592 g/mol. The molecule has 0 saturated carbocycles. The van der Waals surface area contributed by atoms with Gasteiger partial charge in [0.05, 0.1) is 23.3 Å². The van der Waals surface area contributed by atoms with Crippen LogP contribution in [0.2, 0.25) is 0 Å². The smallest absolute Gasteiger partial charge is 0.272 e. The van der Waals surface area contributed by atoms with Gasteiger partial charge in [-0.15, -0.1) is 5.10 Å². The molecule has 6 rings (SSSR count). The summed E-state index contributed by atoms with van der Waals surface area (Å²) in [7, 11) is 0. The van der Waals surface area contributed by atoms with Crippen molar-refractivity contribution in [3.8, 4) is 22.5 Å². The molecule has 196 valence electrons. The van der Waals surface area contributed by atoms with Gasteiger partial charge >= 0.3 is 0 Å². The van der Waals surface area contributed by atoms with E-state index < -0.39 is 0 Å². The van der Waals surface area contributed by atoms with Crippen LogP contribution in [0.25, 0.3) is 33.4 Å². The van der Waals surface area contributed by atoms with Crippen molar-refractivity contribution in [1.82, 2.24) is 25.6 Å². The zero-order valence-corrected chi connectivity index (χ0v) is 22.6. The van der Waals surface area contributed by atoms with E-state index in [1.54, 1.807) is 18.2 Å². The lowest BCUT2D eigenvalue weighted by atomic mass is 10.0. The van der Waals surface area contributed by atoms with Crippen LogP contribution in [-0.2, 0) is 11.2 Å². The van der Waals surface area contributed by atoms with Crippen molar-refractivity contribution in [2.24, 2.45) is 0 Å². The fourth-order valence-electron chi connectivity index (χ4n) is 4.49. The van der Waals surface area contributed by atoms with Gasteiger partial charge in [-0.1, -0.05) is 82.7 Å². The van der Waals surface area contributed by atoms with Gasteiger partial charge in [0, 0.05) is 15.4 Å². The molecule has 4 aromatic carbocycles. The van der Waals surface area contributed by atoms with Crippen molar-refractivity contribution in [3.05, 3.63) is 113 Å². The fourth-order valence-corrected chi connectivity index (χ4v) is 4.85. The summed E-state index contributed by atoms with van der Waals surface area (Å²) in [6.45, 7) is 0. The number of carbonyl (C=O) groups is 2. The number of aromatic amines is 2. The maximum Gasteiger partial charge on any atom is 0.272 e. The highest BCUT2D eigenvalue weighted by molar-refractivity contribution is 9.10. The standard InChI is InChI=1S/C30H22BrN7O2/c31-22-13-14-24(23(17-22)29-35-37-38-36-29)34-30(40)26-16-21-7-4-8-25(28(21)33-26)32-27(39)15-18-9-11-20(12-10-18)19-5-2-1-3-6-19/h1-14,16-17,33H,15H2,(H,32,39)(H,34,40)(H,35,36,37,38). The lowest BCUT2D eigenvalue weighted by Crippen LogP contribution is -2.15. The van der Waals surface area contributed by atoms with E-state index in [-0.39, 0.29) is 18.2 Å². The van der Waals surface area contributed by atoms with Gasteiger partial charge in [0.2, 0.25) is 5.91 Å². The van der Waals surface area contributed by atoms with E-state index >= 15 is 0 Å². The molecule has 0 spiro atoms. The maximum atomic E-state index is 13.2. The minimum atomic E-state index is -0.344. The number of tetrazole rings is 1. The Morgan fingerprint density at radius 2 is 1.60 bits per heavy atom. The second kappa shape index (κ2) is 11.0. The van der Waals surface area contributed by atoms with Gasteiger partial charge in [-0.25, -0.2) is 5.10 Å². The van der Waals surface area contributed by atoms with E-state index in [0.717, 1.165) is 26.5 Å². The molecule has 10 heteroatoms. The first-order chi connectivity index (χ1) is 19.5. The number of aromatic nitrogens is 5. The van der Waals surface area contributed by atoms with Crippen molar-refractivity contribution >= 4 is 50.0 Å². The molecule has 2 amide bonds. The number of hydrogen-bond acceptors (Lipinski definition) is 5. The van der Waals surface area contributed by atoms with Crippen LogP contribution in [0.1, 0.15) is 16.1 Å². The van der Waals surface area contributed by atoms with Crippen molar-refractivity contribution in [3.63, 3.8) is 0 Å². The lowest BCUT2D eigenvalue weighted by Gasteiger charge is -2.09. The van der Waals surface area contributed by atoms with E-state index in [4.69, 9.17) is 0 Å². The monoisotopic (exact) mass is 591 g/mol. The van der Waals surface area contributed by atoms with Gasteiger partial charge in [-0.3, -0.25) is 9.59 Å². The molecule has 9 nitrogen and oxygen atoms in total. The Morgan fingerprint density at radius 3 is 2.38 bits per heavy atom. The van der Waals surface area contributed by atoms with Gasteiger partial charge in [0.25, 0.3) is 5.91 Å². The van der Waals surface area contributed by atoms with Crippen LogP contribution in [0.5, 0.6) is 0 Å². The number of para-hydroxylation sites is 1. The van der Waals surface area contributed by atoms with Crippen molar-refractivity contribution in [2.75, 3.05) is 10.6 Å². The molecule has 0 fully saturated rings. The molecule has 0 aliphatic carbocycles. The van der Waals surface area contributed by atoms with E-state index in [2.05, 4.69) is 64.3 Å². The third-order valence-electron chi connectivity index (χ3n) is 6.43. The first-order valence-corrected chi connectivity index (χ1v) is 13.2. The highest BCUT2D eigenvalue weighted by Gasteiger charge is 2.17. The number of benzene rings is 4. The van der Waals surface area contributed by atoms with Crippen LogP contribution in [-0.4, -0.2) is 37.4 Å². The summed E-state index contributed by atoms with van der Waals surface area (Å²) < 4.78 is 0.815. The predicted molar refractivity (Wildman–Crippen MR) is 158 cm³/mol. The number of H-pyrrole nitrogens is 2. The van der Waals surface area contributed by atoms with E-state index in [1.807, 2.05) is 66.7 Å². The van der Waals surface area contributed by atoms with Crippen LogP contribution in [0.4, 0.5) is 11.4 Å². The topological polar surface area (TPSA) is 128 Å². The number of amides is 2. The number of hydrogen-bond donors (Lipinski definition) is 4. The van der Waals surface area contributed by atoms with Gasteiger partial charge in [0.15, 0.2) is 5.82 Å². The lowest BCUT2D eigenvalue weighted by molar-refractivity contribution is -0.115. The van der Waals surface area contributed by atoms with Crippen LogP contribution in [0.3, 0.4) is 0 Å². The number of anilines is 2. The maximum absolute atomic E-state index is 13.2. The minimum absolute atomic E-state index is 0.152. The number of halogens is 1. The van der Waals surface area contributed by atoms with E-state index in [9.17, 15) is 9.59 Å². The van der Waals surface area contributed by atoms with Crippen LogP contribution in [0.15, 0.2) is 102 Å². The van der Waals surface area contributed by atoms with Crippen molar-refractivity contribution in [2.45, 2.75) is 6.42 Å². The summed E-state index contributed by atoms with van der Waals surface area (Å²) in [5.74, 6) is -0.0725. The van der Waals surface area contributed by atoms with Crippen LogP contribution >= 0.6 is 15.9 Å². The summed E-state index contributed by atoms with van der Waals surface area (Å²) in [6.07, 6.45) is 0.225. The Balaban J connectivity index is 1.18. The number of fused-ring (bicyclic) bond motifs is 1. The quantitative estimate of drug-likeness (QED) is 0.175. The summed E-state index contributed by atoms with van der Waals surface area (Å²) in [6, 6.07) is 30.7. The van der Waals surface area contributed by atoms with E-state index in [1.165, 1.54) is 0 Å². The second-order valence-corrected chi connectivity index (χ2v) is 10.1. The molecule has 2 heterocycles. The van der Waals surface area contributed by atoms with Gasteiger partial charge < -0.3 is 15.6 Å². The number of nitrogens with zero attached hydrogens (tertiary/aromatic N) is 3. The van der Waals surface area contributed by atoms with Gasteiger partial charge in [-0.2, -0.15) is 0 Å².